The van der Waals surface area contributed by atoms with Gasteiger partial charge in [0.2, 0.25) is 11.9 Å². The molecule has 2 rings (SSSR count). The van der Waals surface area contributed by atoms with Crippen LogP contribution >= 0.6 is 11.6 Å². The fourth-order valence-corrected chi connectivity index (χ4v) is 1.51. The van der Waals surface area contributed by atoms with Crippen molar-refractivity contribution in [1.82, 2.24) is 15.0 Å². The monoisotopic (exact) mass is 229 g/mol. The van der Waals surface area contributed by atoms with Crippen molar-refractivity contribution in [2.45, 2.75) is 18.3 Å². The highest BCUT2D eigenvalue weighted by atomic mass is 35.5. The standard InChI is InChI=1S/C8H12ClN5O/c9-3-6-12-7(10)14-8(13-6)11-5-1-2-15-4-5/h5H,1-4H2,(H3,10,11,12,13,14). The van der Waals surface area contributed by atoms with Gasteiger partial charge in [-0.1, -0.05) is 0 Å². The lowest BCUT2D eigenvalue weighted by Gasteiger charge is -2.10. The van der Waals surface area contributed by atoms with E-state index in [0.717, 1.165) is 13.0 Å². The summed E-state index contributed by atoms with van der Waals surface area (Å²) < 4.78 is 5.23. The van der Waals surface area contributed by atoms with Crippen LogP contribution in [-0.4, -0.2) is 34.2 Å². The van der Waals surface area contributed by atoms with Crippen LogP contribution in [0.1, 0.15) is 12.2 Å². The summed E-state index contributed by atoms with van der Waals surface area (Å²) in [5, 5.41) is 3.13. The van der Waals surface area contributed by atoms with Gasteiger partial charge in [0.1, 0.15) is 0 Å². The van der Waals surface area contributed by atoms with Crippen LogP contribution in [-0.2, 0) is 10.6 Å². The van der Waals surface area contributed by atoms with Gasteiger partial charge >= 0.3 is 0 Å². The minimum absolute atomic E-state index is 0.182. The highest BCUT2D eigenvalue weighted by Gasteiger charge is 2.16. The largest absolute Gasteiger partial charge is 0.379 e. The first-order chi connectivity index (χ1) is 7.28. The maximum Gasteiger partial charge on any atom is 0.228 e. The molecule has 1 aliphatic rings. The minimum atomic E-state index is 0.182. The molecule has 0 amide bonds. The predicted octanol–water partition coefficient (Wildman–Crippen LogP) is 0.393. The molecule has 0 radical (unpaired) electrons. The van der Waals surface area contributed by atoms with Crippen LogP contribution in [0.15, 0.2) is 0 Å². The van der Waals surface area contributed by atoms with Gasteiger partial charge in [0, 0.05) is 6.61 Å². The van der Waals surface area contributed by atoms with Gasteiger partial charge in [-0.25, -0.2) is 0 Å². The van der Waals surface area contributed by atoms with Crippen LogP contribution in [0.5, 0.6) is 0 Å². The van der Waals surface area contributed by atoms with Gasteiger partial charge in [-0.05, 0) is 6.42 Å². The van der Waals surface area contributed by atoms with Crippen molar-refractivity contribution in [2.75, 3.05) is 24.3 Å². The normalized spacial score (nSPS) is 20.5. The molecule has 1 atom stereocenters. The van der Waals surface area contributed by atoms with Crippen molar-refractivity contribution >= 4 is 23.5 Å². The van der Waals surface area contributed by atoms with Crippen molar-refractivity contribution in [1.29, 1.82) is 0 Å². The van der Waals surface area contributed by atoms with Crippen LogP contribution < -0.4 is 11.1 Å². The lowest BCUT2D eigenvalue weighted by Crippen LogP contribution is -2.21. The van der Waals surface area contributed by atoms with E-state index >= 15 is 0 Å². The number of aromatic nitrogens is 3. The van der Waals surface area contributed by atoms with Crippen molar-refractivity contribution in [3.8, 4) is 0 Å². The number of nitrogen functional groups attached to an aromatic ring is 1. The number of nitrogens with one attached hydrogen (secondary N) is 1. The molecular weight excluding hydrogens is 218 g/mol. The first-order valence-electron chi connectivity index (χ1n) is 4.68. The molecule has 82 valence electrons. The van der Waals surface area contributed by atoms with E-state index < -0.39 is 0 Å². The third kappa shape index (κ3) is 2.66. The van der Waals surface area contributed by atoms with Gasteiger partial charge in [0.05, 0.1) is 18.5 Å². The number of ether oxygens (including phenoxy) is 1. The number of halogens is 1. The van der Waals surface area contributed by atoms with E-state index in [0.29, 0.717) is 18.4 Å². The summed E-state index contributed by atoms with van der Waals surface area (Å²) >= 11 is 5.63. The van der Waals surface area contributed by atoms with E-state index in [4.69, 9.17) is 22.1 Å². The second-order valence-corrected chi connectivity index (χ2v) is 3.54. The number of nitrogens with two attached hydrogens (primary N) is 1. The molecule has 0 aliphatic carbocycles. The molecule has 1 aromatic heterocycles. The number of nitrogens with zero attached hydrogens (tertiary/aromatic N) is 3. The van der Waals surface area contributed by atoms with E-state index in [-0.39, 0.29) is 17.9 Å². The van der Waals surface area contributed by atoms with Crippen molar-refractivity contribution in [2.24, 2.45) is 0 Å². The van der Waals surface area contributed by atoms with Gasteiger partial charge in [0.25, 0.3) is 0 Å². The van der Waals surface area contributed by atoms with Crippen LogP contribution in [0, 0.1) is 0 Å². The Morgan fingerprint density at radius 3 is 3.00 bits per heavy atom. The first kappa shape index (κ1) is 10.4. The summed E-state index contributed by atoms with van der Waals surface area (Å²) in [6, 6.07) is 0.245. The molecule has 1 saturated heterocycles. The lowest BCUT2D eigenvalue weighted by molar-refractivity contribution is 0.195. The molecule has 0 aromatic carbocycles. The number of anilines is 2. The van der Waals surface area contributed by atoms with Gasteiger partial charge in [-0.3, -0.25) is 0 Å². The summed E-state index contributed by atoms with van der Waals surface area (Å²) in [4.78, 5) is 12.0. The van der Waals surface area contributed by atoms with E-state index in [1.165, 1.54) is 0 Å². The zero-order chi connectivity index (χ0) is 10.7. The maximum absolute atomic E-state index is 5.63. The SMILES string of the molecule is Nc1nc(CCl)nc(NC2CCOC2)n1. The van der Waals surface area contributed by atoms with Gasteiger partial charge < -0.3 is 15.8 Å². The number of rotatable bonds is 3. The van der Waals surface area contributed by atoms with Gasteiger partial charge in [-0.2, -0.15) is 15.0 Å². The van der Waals surface area contributed by atoms with Crippen LogP contribution in [0.3, 0.4) is 0 Å². The molecule has 0 saturated carbocycles. The molecule has 0 spiro atoms. The molecule has 1 unspecified atom stereocenters. The Morgan fingerprint density at radius 2 is 2.33 bits per heavy atom. The fraction of sp³-hybridized carbons (Fsp3) is 0.625. The Hall–Kier alpha value is -1.14. The summed E-state index contributed by atoms with van der Waals surface area (Å²) in [6.45, 7) is 1.43. The molecule has 3 N–H and O–H groups in total. The molecule has 7 heteroatoms. The van der Waals surface area contributed by atoms with Crippen molar-refractivity contribution in [3.05, 3.63) is 5.82 Å². The summed E-state index contributed by atoms with van der Waals surface area (Å²) in [5.74, 6) is 1.35. The average Bonchev–Trinajstić information content (AvgIpc) is 2.69. The molecule has 2 heterocycles. The molecule has 6 nitrogen and oxygen atoms in total. The van der Waals surface area contributed by atoms with Crippen LogP contribution in [0.25, 0.3) is 0 Å². The molecular formula is C8H12ClN5O. The fourth-order valence-electron chi connectivity index (χ4n) is 1.39. The molecule has 15 heavy (non-hydrogen) atoms. The van der Waals surface area contributed by atoms with E-state index in [1.807, 2.05) is 0 Å². The van der Waals surface area contributed by atoms with Gasteiger partial charge in [0.15, 0.2) is 5.82 Å². The van der Waals surface area contributed by atoms with Crippen LogP contribution in [0.2, 0.25) is 0 Å². The molecule has 1 aromatic rings. The Kier molecular flexibility index (Phi) is 3.17. The predicted molar refractivity (Wildman–Crippen MR) is 56.6 cm³/mol. The topological polar surface area (TPSA) is 86.0 Å². The summed E-state index contributed by atoms with van der Waals surface area (Å²) in [7, 11) is 0. The van der Waals surface area contributed by atoms with E-state index in [9.17, 15) is 0 Å². The lowest BCUT2D eigenvalue weighted by atomic mass is 10.3. The zero-order valence-corrected chi connectivity index (χ0v) is 8.87. The first-order valence-corrected chi connectivity index (χ1v) is 5.22. The Labute approximate surface area is 92.2 Å². The third-order valence-electron chi connectivity index (χ3n) is 2.08. The smallest absolute Gasteiger partial charge is 0.228 e. The van der Waals surface area contributed by atoms with E-state index in [2.05, 4.69) is 20.3 Å². The maximum atomic E-state index is 5.63. The van der Waals surface area contributed by atoms with E-state index in [1.54, 1.807) is 0 Å². The quantitative estimate of drug-likeness (QED) is 0.730. The molecule has 1 fully saturated rings. The second-order valence-electron chi connectivity index (χ2n) is 3.27. The van der Waals surface area contributed by atoms with Crippen molar-refractivity contribution < 1.29 is 4.74 Å². The highest BCUT2D eigenvalue weighted by molar-refractivity contribution is 6.16. The second kappa shape index (κ2) is 4.59. The minimum Gasteiger partial charge on any atom is -0.379 e. The third-order valence-corrected chi connectivity index (χ3v) is 2.32. The molecule has 1 aliphatic heterocycles. The van der Waals surface area contributed by atoms with Crippen molar-refractivity contribution in [3.63, 3.8) is 0 Å². The summed E-state index contributed by atoms with van der Waals surface area (Å²) in [5.41, 5.74) is 5.52. The molecule has 0 bridgehead atoms. The average molecular weight is 230 g/mol. The van der Waals surface area contributed by atoms with Crippen LogP contribution in [0.4, 0.5) is 11.9 Å². The Bertz CT molecular complexity index is 342. The Morgan fingerprint density at radius 1 is 1.47 bits per heavy atom. The Balaban J connectivity index is 2.09. The number of hydrogen-bond acceptors (Lipinski definition) is 6. The summed E-state index contributed by atoms with van der Waals surface area (Å²) in [6.07, 6.45) is 0.946. The number of alkyl halides is 1. The number of hydrogen-bond donors (Lipinski definition) is 2. The zero-order valence-electron chi connectivity index (χ0n) is 8.11. The van der Waals surface area contributed by atoms with Gasteiger partial charge in [-0.15, -0.1) is 11.6 Å². The highest BCUT2D eigenvalue weighted by Crippen LogP contribution is 2.11.